The Morgan fingerprint density at radius 1 is 1.40 bits per heavy atom. The molecule has 0 unspecified atom stereocenters. The monoisotopic (exact) mass is 282 g/mol. The van der Waals surface area contributed by atoms with Crippen LogP contribution < -0.4 is 15.8 Å². The van der Waals surface area contributed by atoms with Gasteiger partial charge in [-0.2, -0.15) is 0 Å². The molecule has 1 rings (SSSR count). The third-order valence-corrected chi connectivity index (χ3v) is 3.17. The van der Waals surface area contributed by atoms with Gasteiger partial charge in [0.15, 0.2) is 6.61 Å². The molecule has 0 aliphatic carbocycles. The Bertz CT molecular complexity index is 445. The first-order valence-electron chi connectivity index (χ1n) is 6.95. The van der Waals surface area contributed by atoms with Crippen LogP contribution in [0.5, 0.6) is 5.75 Å². The minimum absolute atomic E-state index is 0.0954. The average Bonchev–Trinajstić information content (AvgIpc) is 2.43. The Hall–Kier alpha value is -1.62. The Balaban J connectivity index is 2.63. The van der Waals surface area contributed by atoms with Crippen LogP contribution >= 0.6 is 0 Å². The smallest absolute Gasteiger partial charge is 0.258 e. The highest BCUT2D eigenvalue weighted by molar-refractivity contribution is 5.77. The second-order valence-corrected chi connectivity index (χ2v) is 4.84. The van der Waals surface area contributed by atoms with E-state index in [-0.39, 0.29) is 30.4 Å². The van der Waals surface area contributed by atoms with Gasteiger partial charge in [0.25, 0.3) is 5.91 Å². The van der Waals surface area contributed by atoms with E-state index in [1.54, 1.807) is 6.92 Å². The SMILES string of the molecule is CCC(CC)NC(=O)COc1ccc(F)cc1[C@@H](C)N. The van der Waals surface area contributed by atoms with Crippen molar-refractivity contribution in [3.8, 4) is 5.75 Å². The minimum atomic E-state index is -0.369. The van der Waals surface area contributed by atoms with Crippen LogP contribution in [0.2, 0.25) is 0 Å². The molecule has 0 aliphatic heterocycles. The highest BCUT2D eigenvalue weighted by atomic mass is 19.1. The number of halogens is 1. The minimum Gasteiger partial charge on any atom is -0.483 e. The molecule has 0 aromatic heterocycles. The van der Waals surface area contributed by atoms with E-state index in [0.717, 1.165) is 12.8 Å². The van der Waals surface area contributed by atoms with Gasteiger partial charge < -0.3 is 15.8 Å². The summed E-state index contributed by atoms with van der Waals surface area (Å²) in [5.41, 5.74) is 6.32. The number of hydrogen-bond donors (Lipinski definition) is 2. The molecule has 0 saturated carbocycles. The lowest BCUT2D eigenvalue weighted by Crippen LogP contribution is -2.37. The number of carbonyl (C=O) groups excluding carboxylic acids is 1. The molecule has 0 fully saturated rings. The summed E-state index contributed by atoms with van der Waals surface area (Å²) >= 11 is 0. The predicted molar refractivity (Wildman–Crippen MR) is 77.0 cm³/mol. The van der Waals surface area contributed by atoms with Crippen molar-refractivity contribution >= 4 is 5.91 Å². The fourth-order valence-corrected chi connectivity index (χ4v) is 1.91. The Morgan fingerprint density at radius 2 is 2.05 bits per heavy atom. The fourth-order valence-electron chi connectivity index (χ4n) is 1.91. The summed E-state index contributed by atoms with van der Waals surface area (Å²) in [7, 11) is 0. The third-order valence-electron chi connectivity index (χ3n) is 3.17. The molecule has 1 amide bonds. The van der Waals surface area contributed by atoms with Gasteiger partial charge in [0.05, 0.1) is 0 Å². The Morgan fingerprint density at radius 3 is 2.60 bits per heavy atom. The summed E-state index contributed by atoms with van der Waals surface area (Å²) in [5, 5.41) is 2.88. The molecule has 1 aromatic rings. The van der Waals surface area contributed by atoms with Gasteiger partial charge >= 0.3 is 0 Å². The molecule has 0 heterocycles. The molecule has 0 saturated heterocycles. The maximum atomic E-state index is 13.2. The van der Waals surface area contributed by atoms with Crippen LogP contribution in [0.1, 0.15) is 45.2 Å². The van der Waals surface area contributed by atoms with E-state index in [0.29, 0.717) is 11.3 Å². The van der Waals surface area contributed by atoms with Crippen molar-refractivity contribution in [2.75, 3.05) is 6.61 Å². The summed E-state index contributed by atoms with van der Waals surface area (Å²) in [6.45, 7) is 5.68. The number of amides is 1. The second kappa shape index (κ2) is 7.85. The molecule has 3 N–H and O–H groups in total. The summed E-state index contributed by atoms with van der Waals surface area (Å²) < 4.78 is 18.6. The van der Waals surface area contributed by atoms with Crippen molar-refractivity contribution in [2.45, 2.75) is 45.7 Å². The van der Waals surface area contributed by atoms with Gasteiger partial charge in [0, 0.05) is 17.6 Å². The summed E-state index contributed by atoms with van der Waals surface area (Å²) in [4.78, 5) is 11.8. The largest absolute Gasteiger partial charge is 0.483 e. The molecular weight excluding hydrogens is 259 g/mol. The fraction of sp³-hybridized carbons (Fsp3) is 0.533. The highest BCUT2D eigenvalue weighted by Gasteiger charge is 2.13. The number of nitrogens with one attached hydrogen (secondary N) is 1. The molecule has 0 spiro atoms. The predicted octanol–water partition coefficient (Wildman–Crippen LogP) is 2.53. The van der Waals surface area contributed by atoms with Gasteiger partial charge in [-0.15, -0.1) is 0 Å². The van der Waals surface area contributed by atoms with Crippen molar-refractivity contribution < 1.29 is 13.9 Å². The van der Waals surface area contributed by atoms with Crippen LogP contribution in [0.4, 0.5) is 4.39 Å². The number of benzene rings is 1. The first kappa shape index (κ1) is 16.4. The molecule has 0 radical (unpaired) electrons. The van der Waals surface area contributed by atoms with E-state index in [4.69, 9.17) is 10.5 Å². The van der Waals surface area contributed by atoms with Gasteiger partial charge in [-0.25, -0.2) is 4.39 Å². The van der Waals surface area contributed by atoms with Crippen LogP contribution in [0.15, 0.2) is 18.2 Å². The van der Waals surface area contributed by atoms with Crippen molar-refractivity contribution in [3.05, 3.63) is 29.6 Å². The van der Waals surface area contributed by atoms with Gasteiger partial charge in [0.1, 0.15) is 11.6 Å². The second-order valence-electron chi connectivity index (χ2n) is 4.84. The van der Waals surface area contributed by atoms with Gasteiger partial charge in [0.2, 0.25) is 0 Å². The van der Waals surface area contributed by atoms with E-state index in [2.05, 4.69) is 5.32 Å². The van der Waals surface area contributed by atoms with E-state index >= 15 is 0 Å². The van der Waals surface area contributed by atoms with Crippen LogP contribution in [0.25, 0.3) is 0 Å². The number of nitrogens with two attached hydrogens (primary N) is 1. The molecule has 4 nitrogen and oxygen atoms in total. The molecule has 0 bridgehead atoms. The van der Waals surface area contributed by atoms with E-state index in [1.165, 1.54) is 18.2 Å². The van der Waals surface area contributed by atoms with Crippen molar-refractivity contribution in [1.82, 2.24) is 5.32 Å². The van der Waals surface area contributed by atoms with Crippen LogP contribution in [0, 0.1) is 5.82 Å². The normalized spacial score (nSPS) is 12.3. The number of hydrogen-bond acceptors (Lipinski definition) is 3. The Kier molecular flexibility index (Phi) is 6.45. The first-order valence-corrected chi connectivity index (χ1v) is 6.95. The number of rotatable bonds is 7. The lowest BCUT2D eigenvalue weighted by Gasteiger charge is -2.17. The standard InChI is InChI=1S/C15H23FN2O2/c1-4-12(5-2)18-15(19)9-20-14-7-6-11(16)8-13(14)10(3)17/h6-8,10,12H,4-5,9,17H2,1-3H3,(H,18,19)/t10-/m1/s1. The molecule has 5 heteroatoms. The molecule has 0 aliphatic rings. The number of carbonyl (C=O) groups is 1. The third kappa shape index (κ3) is 4.81. The zero-order valence-corrected chi connectivity index (χ0v) is 12.3. The summed E-state index contributed by atoms with van der Waals surface area (Å²) in [5.74, 6) is -0.106. The highest BCUT2D eigenvalue weighted by Crippen LogP contribution is 2.24. The Labute approximate surface area is 119 Å². The maximum absolute atomic E-state index is 13.2. The van der Waals surface area contributed by atoms with Crippen LogP contribution in [-0.2, 0) is 4.79 Å². The number of ether oxygens (including phenoxy) is 1. The lowest BCUT2D eigenvalue weighted by atomic mass is 10.1. The average molecular weight is 282 g/mol. The van der Waals surface area contributed by atoms with Crippen molar-refractivity contribution in [3.63, 3.8) is 0 Å². The van der Waals surface area contributed by atoms with Gasteiger partial charge in [-0.05, 0) is 38.0 Å². The van der Waals surface area contributed by atoms with Crippen molar-refractivity contribution in [1.29, 1.82) is 0 Å². The quantitative estimate of drug-likeness (QED) is 0.807. The topological polar surface area (TPSA) is 64.3 Å². The lowest BCUT2D eigenvalue weighted by molar-refractivity contribution is -0.123. The zero-order chi connectivity index (χ0) is 15.1. The molecule has 20 heavy (non-hydrogen) atoms. The molecular formula is C15H23FN2O2. The van der Waals surface area contributed by atoms with Crippen LogP contribution in [-0.4, -0.2) is 18.6 Å². The van der Waals surface area contributed by atoms with E-state index in [1.807, 2.05) is 13.8 Å². The summed E-state index contributed by atoms with van der Waals surface area (Å²) in [6, 6.07) is 3.92. The summed E-state index contributed by atoms with van der Waals surface area (Å²) in [6.07, 6.45) is 1.76. The molecule has 112 valence electrons. The first-order chi connectivity index (χ1) is 9.47. The molecule has 1 aromatic carbocycles. The van der Waals surface area contributed by atoms with Gasteiger partial charge in [-0.1, -0.05) is 13.8 Å². The van der Waals surface area contributed by atoms with Gasteiger partial charge in [-0.3, -0.25) is 4.79 Å². The zero-order valence-electron chi connectivity index (χ0n) is 12.3. The van der Waals surface area contributed by atoms with Crippen LogP contribution in [0.3, 0.4) is 0 Å². The van der Waals surface area contributed by atoms with E-state index < -0.39 is 0 Å². The molecule has 1 atom stereocenters. The maximum Gasteiger partial charge on any atom is 0.258 e. The van der Waals surface area contributed by atoms with Crippen molar-refractivity contribution in [2.24, 2.45) is 5.73 Å². The van der Waals surface area contributed by atoms with E-state index in [9.17, 15) is 9.18 Å².